The molecule has 0 saturated heterocycles. The van der Waals surface area contributed by atoms with Crippen molar-refractivity contribution in [3.8, 4) is 5.75 Å². The van der Waals surface area contributed by atoms with Crippen molar-refractivity contribution in [2.45, 2.75) is 65.2 Å². The number of alkyl carbamates (subject to hydrolysis) is 1. The van der Waals surface area contributed by atoms with Crippen LogP contribution in [-0.2, 0) is 20.8 Å². The largest absolute Gasteiger partial charge is 0.488 e. The van der Waals surface area contributed by atoms with E-state index in [0.29, 0.717) is 16.4 Å². The van der Waals surface area contributed by atoms with Gasteiger partial charge in [0, 0.05) is 6.42 Å². The number of hydrogen-bond donors (Lipinski definition) is 1. The summed E-state index contributed by atoms with van der Waals surface area (Å²) < 4.78 is 11.3. The summed E-state index contributed by atoms with van der Waals surface area (Å²) in [6.07, 6.45) is -0.885. The summed E-state index contributed by atoms with van der Waals surface area (Å²) in [7, 11) is 0. The zero-order valence-electron chi connectivity index (χ0n) is 20.7. The molecule has 3 amide bonds. The first-order valence-electron chi connectivity index (χ1n) is 11.2. The van der Waals surface area contributed by atoms with Crippen LogP contribution in [-0.4, -0.2) is 46.2 Å². The monoisotopic (exact) mass is 482 g/mol. The molecule has 0 bridgehead atoms. The molecule has 9 nitrogen and oxygen atoms in total. The summed E-state index contributed by atoms with van der Waals surface area (Å²) in [6, 6.07) is 11.9. The number of amides is 3. The highest BCUT2D eigenvalue weighted by molar-refractivity contribution is 6.20. The topological polar surface area (TPSA) is 111 Å². The summed E-state index contributed by atoms with van der Waals surface area (Å²) in [5.74, 6) is -2.00. The number of hydroxylamine groups is 2. The normalized spacial score (nSPS) is 14.3. The molecule has 0 spiro atoms. The first kappa shape index (κ1) is 25.7. The zero-order chi connectivity index (χ0) is 26.0. The van der Waals surface area contributed by atoms with Gasteiger partial charge in [0.05, 0.1) is 11.1 Å². The van der Waals surface area contributed by atoms with Crippen LogP contribution in [0.5, 0.6) is 5.75 Å². The average Bonchev–Trinajstić information content (AvgIpc) is 2.97. The van der Waals surface area contributed by atoms with Crippen LogP contribution in [0, 0.1) is 0 Å². The Morgan fingerprint density at radius 2 is 1.40 bits per heavy atom. The van der Waals surface area contributed by atoms with Gasteiger partial charge in [-0.25, -0.2) is 9.59 Å². The van der Waals surface area contributed by atoms with Gasteiger partial charge in [0.2, 0.25) is 0 Å². The van der Waals surface area contributed by atoms with Crippen LogP contribution in [0.15, 0.2) is 48.5 Å². The van der Waals surface area contributed by atoms with Crippen LogP contribution in [0.4, 0.5) is 4.79 Å². The van der Waals surface area contributed by atoms with Gasteiger partial charge in [-0.2, -0.15) is 0 Å². The van der Waals surface area contributed by atoms with Gasteiger partial charge in [-0.1, -0.05) is 35.4 Å². The molecule has 2 aromatic rings. The van der Waals surface area contributed by atoms with E-state index in [1.54, 1.807) is 57.2 Å². The lowest BCUT2D eigenvalue weighted by Crippen LogP contribution is -2.48. The fourth-order valence-electron chi connectivity index (χ4n) is 3.37. The predicted octanol–water partition coefficient (Wildman–Crippen LogP) is 4.05. The lowest BCUT2D eigenvalue weighted by Gasteiger charge is -2.26. The van der Waals surface area contributed by atoms with E-state index in [1.807, 2.05) is 20.8 Å². The summed E-state index contributed by atoms with van der Waals surface area (Å²) >= 11 is 0. The number of carbonyl (C=O) groups is 4. The molecule has 9 heteroatoms. The highest BCUT2D eigenvalue weighted by atomic mass is 16.7. The number of fused-ring (bicyclic) bond motifs is 1. The average molecular weight is 483 g/mol. The molecule has 1 unspecified atom stereocenters. The number of benzene rings is 2. The molecule has 1 aliphatic rings. The Labute approximate surface area is 204 Å². The van der Waals surface area contributed by atoms with E-state index >= 15 is 0 Å². The fraction of sp³-hybridized carbons (Fsp3) is 0.385. The summed E-state index contributed by atoms with van der Waals surface area (Å²) in [4.78, 5) is 56.2. The Morgan fingerprint density at radius 1 is 0.857 bits per heavy atom. The Balaban J connectivity index is 1.85. The maximum Gasteiger partial charge on any atom is 0.408 e. The van der Waals surface area contributed by atoms with Crippen LogP contribution in [0.25, 0.3) is 0 Å². The van der Waals surface area contributed by atoms with E-state index in [1.165, 1.54) is 12.1 Å². The number of carbonyl (C=O) groups excluding carboxylic acids is 4. The minimum Gasteiger partial charge on any atom is -0.488 e. The molecule has 186 valence electrons. The SMILES string of the molecule is CC(C)(C)OC(=O)NC(Cc1ccccc1OC(C)(C)C)C(=O)ON1C(=O)c2ccccc2C1=O. The smallest absolute Gasteiger partial charge is 0.408 e. The second-order valence-corrected chi connectivity index (χ2v) is 10.1. The van der Waals surface area contributed by atoms with Crippen LogP contribution in [0.3, 0.4) is 0 Å². The lowest BCUT2D eigenvalue weighted by molar-refractivity contribution is -0.171. The Hall–Kier alpha value is -3.88. The van der Waals surface area contributed by atoms with Gasteiger partial charge in [-0.05, 0) is 65.3 Å². The molecule has 1 aliphatic heterocycles. The van der Waals surface area contributed by atoms with Crippen LogP contribution < -0.4 is 10.1 Å². The van der Waals surface area contributed by atoms with Crippen molar-refractivity contribution >= 4 is 23.9 Å². The third kappa shape index (κ3) is 6.59. The van der Waals surface area contributed by atoms with Gasteiger partial charge in [0.1, 0.15) is 23.0 Å². The Bertz CT molecular complexity index is 1110. The molecule has 1 N–H and O–H groups in total. The molecule has 0 saturated carbocycles. The second-order valence-electron chi connectivity index (χ2n) is 10.1. The number of para-hydroxylation sites is 1. The third-order valence-corrected chi connectivity index (χ3v) is 4.73. The van der Waals surface area contributed by atoms with E-state index in [9.17, 15) is 19.2 Å². The fourth-order valence-corrected chi connectivity index (χ4v) is 3.37. The molecule has 35 heavy (non-hydrogen) atoms. The van der Waals surface area contributed by atoms with Crippen molar-refractivity contribution in [2.24, 2.45) is 0 Å². The molecule has 1 heterocycles. The molecule has 0 radical (unpaired) electrons. The van der Waals surface area contributed by atoms with E-state index in [2.05, 4.69) is 5.32 Å². The molecular formula is C26H30N2O7. The van der Waals surface area contributed by atoms with Gasteiger partial charge in [0.25, 0.3) is 11.8 Å². The quantitative estimate of drug-likeness (QED) is 0.618. The molecular weight excluding hydrogens is 452 g/mol. The number of nitrogens with zero attached hydrogens (tertiary/aromatic N) is 1. The van der Waals surface area contributed by atoms with Gasteiger partial charge in [-0.3, -0.25) is 9.59 Å². The minimum absolute atomic E-state index is 0.0342. The Kier molecular flexibility index (Phi) is 7.19. The zero-order valence-corrected chi connectivity index (χ0v) is 20.7. The predicted molar refractivity (Wildman–Crippen MR) is 127 cm³/mol. The van der Waals surface area contributed by atoms with Crippen molar-refractivity contribution in [1.82, 2.24) is 10.4 Å². The van der Waals surface area contributed by atoms with Crippen LogP contribution in [0.1, 0.15) is 67.8 Å². The highest BCUT2D eigenvalue weighted by Crippen LogP contribution is 2.26. The minimum atomic E-state index is -1.28. The number of ether oxygens (including phenoxy) is 2. The lowest BCUT2D eigenvalue weighted by atomic mass is 10.0. The maximum atomic E-state index is 13.2. The molecule has 0 aliphatic carbocycles. The van der Waals surface area contributed by atoms with Crippen LogP contribution >= 0.6 is 0 Å². The van der Waals surface area contributed by atoms with E-state index in [-0.39, 0.29) is 17.5 Å². The first-order chi connectivity index (χ1) is 16.2. The van der Waals surface area contributed by atoms with Gasteiger partial charge in [0.15, 0.2) is 0 Å². The van der Waals surface area contributed by atoms with Crippen molar-refractivity contribution in [1.29, 1.82) is 0 Å². The maximum absolute atomic E-state index is 13.2. The Morgan fingerprint density at radius 3 is 1.94 bits per heavy atom. The molecule has 0 aromatic heterocycles. The van der Waals surface area contributed by atoms with Gasteiger partial charge in [-0.15, -0.1) is 0 Å². The third-order valence-electron chi connectivity index (χ3n) is 4.73. The van der Waals surface area contributed by atoms with Gasteiger partial charge < -0.3 is 19.6 Å². The molecule has 0 fully saturated rings. The van der Waals surface area contributed by atoms with Crippen LogP contribution in [0.2, 0.25) is 0 Å². The van der Waals surface area contributed by atoms with E-state index < -0.39 is 41.1 Å². The summed E-state index contributed by atoms with van der Waals surface area (Å²) in [5.41, 5.74) is -0.446. The van der Waals surface area contributed by atoms with Crippen molar-refractivity contribution in [2.75, 3.05) is 0 Å². The molecule has 2 aromatic carbocycles. The standard InChI is InChI=1S/C26H30N2O7/c1-25(2,3)33-20-14-10-7-11-16(20)15-19(27-24(32)34-26(4,5)6)23(31)35-28-21(29)17-12-8-9-13-18(17)22(28)30/h7-14,19H,15H2,1-6H3,(H,27,32). The first-order valence-corrected chi connectivity index (χ1v) is 11.2. The molecule has 1 atom stereocenters. The number of imide groups is 1. The number of hydrogen-bond acceptors (Lipinski definition) is 7. The molecule has 3 rings (SSSR count). The summed E-state index contributed by atoms with van der Waals surface area (Å²) in [6.45, 7) is 10.7. The van der Waals surface area contributed by atoms with Crippen molar-refractivity contribution < 1.29 is 33.5 Å². The van der Waals surface area contributed by atoms with E-state index in [0.717, 1.165) is 0 Å². The second kappa shape index (κ2) is 9.77. The highest BCUT2D eigenvalue weighted by Gasteiger charge is 2.40. The number of rotatable bonds is 6. The van der Waals surface area contributed by atoms with Gasteiger partial charge >= 0.3 is 12.1 Å². The van der Waals surface area contributed by atoms with Crippen molar-refractivity contribution in [3.63, 3.8) is 0 Å². The van der Waals surface area contributed by atoms with Crippen molar-refractivity contribution in [3.05, 3.63) is 65.2 Å². The summed E-state index contributed by atoms with van der Waals surface area (Å²) in [5, 5.41) is 2.91. The van der Waals surface area contributed by atoms with E-state index in [4.69, 9.17) is 14.3 Å². The number of nitrogens with one attached hydrogen (secondary N) is 1.